The number of carbonyl (C=O) groups is 8. The summed E-state index contributed by atoms with van der Waals surface area (Å²) in [5.41, 5.74) is 20.1. The van der Waals surface area contributed by atoms with Gasteiger partial charge in [-0.1, -0.05) is 89.2 Å². The van der Waals surface area contributed by atoms with Gasteiger partial charge in [-0.25, -0.2) is 12.3 Å². The molecule has 5 atom stereocenters. The van der Waals surface area contributed by atoms with E-state index in [4.69, 9.17) is 23.8 Å². The minimum Gasteiger partial charge on any atom is -0.508 e. The Morgan fingerprint density at radius 1 is 0.750 bits per heavy atom. The molecule has 2 rings (SSSR count). The first-order valence-electron chi connectivity index (χ1n) is 25.3. The van der Waals surface area contributed by atoms with Crippen LogP contribution in [0.25, 0.3) is 4.85 Å². The summed E-state index contributed by atoms with van der Waals surface area (Å²) in [6.45, 7) is 10.2. The highest BCUT2D eigenvalue weighted by Crippen LogP contribution is 2.20. The van der Waals surface area contributed by atoms with E-state index in [1.54, 1.807) is 17.0 Å². The Balaban J connectivity index is 1.39. The van der Waals surface area contributed by atoms with Crippen molar-refractivity contribution in [2.45, 2.75) is 205 Å². The normalized spacial score (nSPS) is 15.1. The van der Waals surface area contributed by atoms with Gasteiger partial charge in [-0.2, -0.15) is 0 Å². The molecule has 0 aromatic heterocycles. The van der Waals surface area contributed by atoms with Gasteiger partial charge in [0.2, 0.25) is 29.4 Å². The molecule has 1 aromatic carbocycles. The lowest BCUT2D eigenvalue weighted by molar-refractivity contribution is -0.140. The number of phenolic OH excluding ortho intramolecular Hbond substituents is 1. The summed E-state index contributed by atoms with van der Waals surface area (Å²) in [5.74, 6) is -4.03. The molecule has 17 nitrogen and oxygen atoms in total. The number of Topliss-reactive ketones (excluding diaryl/α,β-unsaturated/α-hetero) is 3. The van der Waals surface area contributed by atoms with Crippen molar-refractivity contribution in [1.29, 1.82) is 0 Å². The minimum absolute atomic E-state index is 0.0475. The number of amides is 5. The van der Waals surface area contributed by atoms with E-state index >= 15 is 0 Å². The second kappa shape index (κ2) is 35.0. The zero-order valence-electron chi connectivity index (χ0n) is 40.7. The number of nitrogens with one attached hydrogen (secondary N) is 4. The molecule has 1 aliphatic rings. The molecule has 0 bridgehead atoms. The van der Waals surface area contributed by atoms with Crippen molar-refractivity contribution in [3.63, 3.8) is 0 Å². The molecule has 17 heteroatoms. The largest absolute Gasteiger partial charge is 0.508 e. The zero-order valence-corrected chi connectivity index (χ0v) is 40.7. The molecule has 1 fully saturated rings. The molecular formula is C51H81N8O9. The maximum atomic E-state index is 12.9. The van der Waals surface area contributed by atoms with Gasteiger partial charge < -0.3 is 32.5 Å². The lowest BCUT2D eigenvalue weighted by atomic mass is 9.90. The summed E-state index contributed by atoms with van der Waals surface area (Å²) in [7, 11) is 0. The van der Waals surface area contributed by atoms with E-state index < -0.39 is 53.6 Å². The van der Waals surface area contributed by atoms with Crippen LogP contribution in [0.5, 0.6) is 5.75 Å². The Morgan fingerprint density at radius 2 is 1.26 bits per heavy atom. The van der Waals surface area contributed by atoms with E-state index in [0.29, 0.717) is 69.5 Å². The molecular weight excluding hydrogens is 869 g/mol. The van der Waals surface area contributed by atoms with E-state index in [1.807, 2.05) is 0 Å². The van der Waals surface area contributed by atoms with Gasteiger partial charge in [0.25, 0.3) is 5.91 Å². The van der Waals surface area contributed by atoms with Gasteiger partial charge in [-0.15, -0.1) is 0 Å². The van der Waals surface area contributed by atoms with Crippen molar-refractivity contribution in [3.8, 4) is 5.75 Å². The number of hydrogen-bond acceptors (Lipinski definition) is 10. The van der Waals surface area contributed by atoms with Crippen LogP contribution in [0.2, 0.25) is 0 Å². The number of likely N-dealkylation sites (tertiary alicyclic amines) is 1. The first-order valence-corrected chi connectivity index (χ1v) is 25.3. The average Bonchev–Trinajstić information content (AvgIpc) is 3.80. The Kier molecular flexibility index (Phi) is 30.3. The van der Waals surface area contributed by atoms with Crippen LogP contribution in [0.4, 0.5) is 0 Å². The molecule has 1 heterocycles. The highest BCUT2D eigenvalue weighted by Gasteiger charge is 2.35. The van der Waals surface area contributed by atoms with Crippen molar-refractivity contribution < 1.29 is 43.5 Å². The van der Waals surface area contributed by atoms with E-state index in [-0.39, 0.29) is 55.6 Å². The Bertz CT molecular complexity index is 1770. The molecule has 9 N–H and O–H groups in total. The van der Waals surface area contributed by atoms with Crippen LogP contribution >= 0.6 is 0 Å². The number of hydrogen-bond donors (Lipinski definition) is 6. The highest BCUT2D eigenvalue weighted by atomic mass is 16.3. The predicted octanol–water partition coefficient (Wildman–Crippen LogP) is 5.69. The van der Waals surface area contributed by atoms with Gasteiger partial charge in [0, 0.05) is 64.1 Å². The zero-order chi connectivity index (χ0) is 50.1. The van der Waals surface area contributed by atoms with Crippen LogP contribution in [-0.2, 0) is 44.8 Å². The number of aromatic hydroxyl groups is 1. The molecule has 379 valence electrons. The second-order valence-electron chi connectivity index (χ2n) is 18.5. The first kappa shape index (κ1) is 58.9. The van der Waals surface area contributed by atoms with Crippen LogP contribution in [0.15, 0.2) is 24.3 Å². The summed E-state index contributed by atoms with van der Waals surface area (Å²) in [5, 5.41) is 17.7. The molecule has 1 saturated heterocycles. The third kappa shape index (κ3) is 25.8. The molecule has 0 unspecified atom stereocenters. The van der Waals surface area contributed by atoms with Gasteiger partial charge in [-0.3, -0.25) is 48.1 Å². The summed E-state index contributed by atoms with van der Waals surface area (Å²) in [6, 6.07) is 3.20. The van der Waals surface area contributed by atoms with E-state index in [1.165, 1.54) is 19.1 Å². The maximum absolute atomic E-state index is 12.9. The fraction of sp³-hybridized carbons (Fsp3) is 0.706. The maximum Gasteiger partial charge on any atom is 0.300 e. The minimum atomic E-state index is -1.19. The van der Waals surface area contributed by atoms with Gasteiger partial charge >= 0.3 is 6.17 Å². The Labute approximate surface area is 404 Å². The summed E-state index contributed by atoms with van der Waals surface area (Å²) in [4.78, 5) is 104. The number of primary amides is 1. The number of benzene rings is 1. The fourth-order valence-corrected chi connectivity index (χ4v) is 8.34. The lowest BCUT2D eigenvalue weighted by Gasteiger charge is -2.20. The summed E-state index contributed by atoms with van der Waals surface area (Å²) >= 11 is 0. The van der Waals surface area contributed by atoms with Crippen LogP contribution in [0.3, 0.4) is 0 Å². The van der Waals surface area contributed by atoms with Gasteiger partial charge in [0.05, 0.1) is 12.1 Å². The van der Waals surface area contributed by atoms with E-state index in [0.717, 1.165) is 103 Å². The number of nitrogens with zero attached hydrogens (tertiary/aromatic N) is 2. The standard InChI is InChI=1S/C51H81N8O9/c1-37(58-50(67)43(53)35-38-26-28-41(61)29-27-38)44(62)36-39(48(65)49(54)66)21-17-19-33-56-46(63)25-16-12-8-4-3-6-10-14-22-40(60)23-15-11-7-5-9-13-18-32-57-47(64)31-30-42(52)51(68)59-34-20-24-45(59)55-2/h26-29,37,39,42-43,45,53,61H,3-25,30-36,52H2,1H3,(H2,54,66)(H,56,63)(H,57,64)(H,58,67)/t37-,39-,42+,43+,45+/m1/s1. The van der Waals surface area contributed by atoms with Crippen molar-refractivity contribution in [2.75, 3.05) is 19.6 Å². The van der Waals surface area contributed by atoms with Crippen molar-refractivity contribution in [2.24, 2.45) is 17.4 Å². The number of phenols is 1. The number of nitrogens with two attached hydrogens (primary N) is 2. The number of unbranched alkanes of at least 4 members (excludes halogenated alkanes) is 14. The van der Waals surface area contributed by atoms with Gasteiger partial charge in [-0.05, 0) is 82.4 Å². The Hall–Kier alpha value is -5.21. The smallest absolute Gasteiger partial charge is 0.300 e. The van der Waals surface area contributed by atoms with Crippen LogP contribution in [-0.4, -0.2) is 101 Å². The van der Waals surface area contributed by atoms with Crippen LogP contribution < -0.4 is 33.2 Å². The predicted molar refractivity (Wildman–Crippen MR) is 260 cm³/mol. The SMILES string of the molecule is [C-]#[N+][C@@H]1CCCN1C(=O)[C@@H](N)CCC(=O)NCCCCCCCCCC(=O)CCCCCCCCCCC(=O)NCCCC[C@H](CC(=O)[C@@H](C)NC(=O)[C@@H]([NH])Cc1ccc(O)cc1)C(=O)C(N)=O. The van der Waals surface area contributed by atoms with Gasteiger partial charge in [0.1, 0.15) is 17.6 Å². The number of rotatable bonds is 39. The fourth-order valence-electron chi connectivity index (χ4n) is 8.34. The third-order valence-corrected chi connectivity index (χ3v) is 12.6. The first-order chi connectivity index (χ1) is 32.6. The molecule has 5 amide bonds. The Morgan fingerprint density at radius 3 is 1.82 bits per heavy atom. The van der Waals surface area contributed by atoms with Crippen LogP contribution in [0.1, 0.15) is 179 Å². The third-order valence-electron chi connectivity index (χ3n) is 12.6. The topological polar surface area (TPSA) is 276 Å². The molecule has 1 aromatic rings. The molecule has 68 heavy (non-hydrogen) atoms. The second-order valence-corrected chi connectivity index (χ2v) is 18.5. The van der Waals surface area contributed by atoms with E-state index in [9.17, 15) is 43.5 Å². The summed E-state index contributed by atoms with van der Waals surface area (Å²) < 4.78 is 0. The van der Waals surface area contributed by atoms with Crippen LogP contribution in [0, 0.1) is 12.5 Å². The summed E-state index contributed by atoms with van der Waals surface area (Å²) in [6.07, 6.45) is 19.6. The molecule has 0 saturated carbocycles. The van der Waals surface area contributed by atoms with Gasteiger partial charge in [0.15, 0.2) is 5.78 Å². The number of carbonyl (C=O) groups excluding carboxylic acids is 8. The monoisotopic (exact) mass is 950 g/mol. The molecule has 0 aliphatic carbocycles. The lowest BCUT2D eigenvalue weighted by Crippen LogP contribution is -2.46. The molecule has 0 spiro atoms. The highest BCUT2D eigenvalue weighted by molar-refractivity contribution is 6.36. The quantitative estimate of drug-likeness (QED) is 0.0266. The number of ketones is 3. The molecule has 1 radical (unpaired) electrons. The van der Waals surface area contributed by atoms with E-state index in [2.05, 4.69) is 20.8 Å². The van der Waals surface area contributed by atoms with Crippen molar-refractivity contribution >= 4 is 46.9 Å². The molecule has 1 aliphatic heterocycles. The average molecular weight is 950 g/mol. The van der Waals surface area contributed by atoms with Crippen molar-refractivity contribution in [1.82, 2.24) is 26.6 Å². The van der Waals surface area contributed by atoms with Crippen molar-refractivity contribution in [3.05, 3.63) is 41.2 Å².